The number of benzene rings is 2. The van der Waals surface area contributed by atoms with Crippen molar-refractivity contribution in [3.05, 3.63) is 70.3 Å². The average molecular weight is 253 g/mol. The van der Waals surface area contributed by atoms with Crippen LogP contribution in [-0.2, 0) is 6.54 Å². The zero-order chi connectivity index (χ0) is 13.8. The van der Waals surface area contributed by atoms with Gasteiger partial charge in [-0.25, -0.2) is 0 Å². The van der Waals surface area contributed by atoms with Gasteiger partial charge in [0.05, 0.1) is 0 Å². The SMILES string of the molecule is CNCc1cccc(C(=O)c2ccc(C)c(C)c2)c1. The molecule has 0 bridgehead atoms. The molecule has 0 aliphatic rings. The Morgan fingerprint density at radius 3 is 2.42 bits per heavy atom. The van der Waals surface area contributed by atoms with E-state index in [0.29, 0.717) is 0 Å². The van der Waals surface area contributed by atoms with E-state index in [1.807, 2.05) is 56.4 Å². The Bertz CT molecular complexity index is 602. The van der Waals surface area contributed by atoms with Gasteiger partial charge in [-0.15, -0.1) is 0 Å². The lowest BCUT2D eigenvalue weighted by atomic mass is 9.98. The lowest BCUT2D eigenvalue weighted by Crippen LogP contribution is -2.07. The summed E-state index contributed by atoms with van der Waals surface area (Å²) < 4.78 is 0. The Morgan fingerprint density at radius 1 is 1.00 bits per heavy atom. The van der Waals surface area contributed by atoms with E-state index in [1.54, 1.807) is 0 Å². The van der Waals surface area contributed by atoms with Crippen molar-refractivity contribution < 1.29 is 4.79 Å². The maximum atomic E-state index is 12.4. The van der Waals surface area contributed by atoms with Crippen LogP contribution in [0.25, 0.3) is 0 Å². The molecule has 1 N–H and O–H groups in total. The summed E-state index contributed by atoms with van der Waals surface area (Å²) in [5.74, 6) is 0.0843. The molecule has 0 saturated heterocycles. The van der Waals surface area contributed by atoms with Crippen LogP contribution < -0.4 is 5.32 Å². The third-order valence-electron chi connectivity index (χ3n) is 3.34. The molecule has 0 aliphatic heterocycles. The second-order valence-corrected chi connectivity index (χ2v) is 4.86. The van der Waals surface area contributed by atoms with Gasteiger partial charge in [0.15, 0.2) is 5.78 Å². The van der Waals surface area contributed by atoms with Gasteiger partial charge in [-0.2, -0.15) is 0 Å². The molecule has 0 aromatic heterocycles. The van der Waals surface area contributed by atoms with Crippen molar-refractivity contribution in [2.24, 2.45) is 0 Å². The standard InChI is InChI=1S/C17H19NO/c1-12-7-8-16(9-13(12)2)17(19)15-6-4-5-14(10-15)11-18-3/h4-10,18H,11H2,1-3H3. The third kappa shape index (κ3) is 3.09. The minimum atomic E-state index is 0.0843. The van der Waals surface area contributed by atoms with E-state index < -0.39 is 0 Å². The fourth-order valence-electron chi connectivity index (χ4n) is 2.08. The normalized spacial score (nSPS) is 10.5. The van der Waals surface area contributed by atoms with Gasteiger partial charge < -0.3 is 5.32 Å². The number of hydrogen-bond donors (Lipinski definition) is 1. The molecule has 2 rings (SSSR count). The smallest absolute Gasteiger partial charge is 0.193 e. The van der Waals surface area contributed by atoms with E-state index in [4.69, 9.17) is 0 Å². The quantitative estimate of drug-likeness (QED) is 0.847. The molecule has 2 nitrogen and oxygen atoms in total. The molecule has 2 heteroatoms. The van der Waals surface area contributed by atoms with Gasteiger partial charge in [0.1, 0.15) is 0 Å². The van der Waals surface area contributed by atoms with E-state index in [2.05, 4.69) is 12.2 Å². The predicted molar refractivity (Wildman–Crippen MR) is 78.6 cm³/mol. The lowest BCUT2D eigenvalue weighted by molar-refractivity contribution is 0.103. The monoisotopic (exact) mass is 253 g/mol. The van der Waals surface area contributed by atoms with Crippen LogP contribution in [0.2, 0.25) is 0 Å². The minimum Gasteiger partial charge on any atom is -0.316 e. The number of carbonyl (C=O) groups excluding carboxylic acids is 1. The second-order valence-electron chi connectivity index (χ2n) is 4.86. The molecule has 0 heterocycles. The van der Waals surface area contributed by atoms with E-state index in [-0.39, 0.29) is 5.78 Å². The van der Waals surface area contributed by atoms with E-state index >= 15 is 0 Å². The fraction of sp³-hybridized carbons (Fsp3) is 0.235. The number of rotatable bonds is 4. The maximum Gasteiger partial charge on any atom is 0.193 e. The Kier molecular flexibility index (Phi) is 4.13. The van der Waals surface area contributed by atoms with Crippen molar-refractivity contribution in [3.8, 4) is 0 Å². The van der Waals surface area contributed by atoms with Crippen molar-refractivity contribution in [1.82, 2.24) is 5.32 Å². The van der Waals surface area contributed by atoms with Gasteiger partial charge in [0.25, 0.3) is 0 Å². The first kappa shape index (κ1) is 13.5. The van der Waals surface area contributed by atoms with Crippen LogP contribution >= 0.6 is 0 Å². The van der Waals surface area contributed by atoms with Crippen LogP contribution in [0.1, 0.15) is 32.6 Å². The van der Waals surface area contributed by atoms with Crippen LogP contribution in [0, 0.1) is 13.8 Å². The Morgan fingerprint density at radius 2 is 1.74 bits per heavy atom. The number of hydrogen-bond acceptors (Lipinski definition) is 2. The van der Waals surface area contributed by atoms with Crippen LogP contribution in [0.5, 0.6) is 0 Å². The molecule has 0 fully saturated rings. The molecule has 19 heavy (non-hydrogen) atoms. The highest BCUT2D eigenvalue weighted by molar-refractivity contribution is 6.09. The molecule has 0 unspecified atom stereocenters. The fourth-order valence-corrected chi connectivity index (χ4v) is 2.08. The summed E-state index contributed by atoms with van der Waals surface area (Å²) in [5, 5.41) is 3.10. The molecule has 98 valence electrons. The second kappa shape index (κ2) is 5.81. The molecule has 0 atom stereocenters. The first-order valence-corrected chi connectivity index (χ1v) is 6.47. The van der Waals surface area contributed by atoms with Crippen molar-refractivity contribution in [2.75, 3.05) is 7.05 Å². The zero-order valence-electron chi connectivity index (χ0n) is 11.7. The summed E-state index contributed by atoms with van der Waals surface area (Å²) in [6.45, 7) is 4.86. The molecule has 0 spiro atoms. The molecule has 0 amide bonds. The van der Waals surface area contributed by atoms with Crippen LogP contribution in [0.4, 0.5) is 0 Å². The predicted octanol–water partition coefficient (Wildman–Crippen LogP) is 3.25. The van der Waals surface area contributed by atoms with Gasteiger partial charge in [0, 0.05) is 17.7 Å². The van der Waals surface area contributed by atoms with Crippen LogP contribution in [0.3, 0.4) is 0 Å². The van der Waals surface area contributed by atoms with Crippen LogP contribution in [-0.4, -0.2) is 12.8 Å². The average Bonchev–Trinajstić information content (AvgIpc) is 2.42. The summed E-state index contributed by atoms with van der Waals surface area (Å²) in [5.41, 5.74) is 4.98. The highest BCUT2D eigenvalue weighted by Gasteiger charge is 2.10. The highest BCUT2D eigenvalue weighted by atomic mass is 16.1. The largest absolute Gasteiger partial charge is 0.316 e. The number of nitrogens with one attached hydrogen (secondary N) is 1. The van der Waals surface area contributed by atoms with Crippen molar-refractivity contribution in [2.45, 2.75) is 20.4 Å². The number of ketones is 1. The summed E-state index contributed by atoms with van der Waals surface area (Å²) in [7, 11) is 1.90. The summed E-state index contributed by atoms with van der Waals surface area (Å²) in [6, 6.07) is 13.6. The van der Waals surface area contributed by atoms with E-state index in [9.17, 15) is 4.79 Å². The minimum absolute atomic E-state index is 0.0843. The van der Waals surface area contributed by atoms with Gasteiger partial charge in [0.2, 0.25) is 0 Å². The Labute approximate surface area is 114 Å². The first-order chi connectivity index (χ1) is 9.11. The lowest BCUT2D eigenvalue weighted by Gasteiger charge is -2.06. The molecular weight excluding hydrogens is 234 g/mol. The van der Waals surface area contributed by atoms with Gasteiger partial charge in [-0.1, -0.05) is 30.3 Å². The third-order valence-corrected chi connectivity index (χ3v) is 3.34. The van der Waals surface area contributed by atoms with Gasteiger partial charge in [-0.05, 0) is 49.7 Å². The highest BCUT2D eigenvalue weighted by Crippen LogP contribution is 2.15. The summed E-state index contributed by atoms with van der Waals surface area (Å²) >= 11 is 0. The number of carbonyl (C=O) groups is 1. The summed E-state index contributed by atoms with van der Waals surface area (Å²) in [4.78, 5) is 12.4. The van der Waals surface area contributed by atoms with Crippen molar-refractivity contribution >= 4 is 5.78 Å². The van der Waals surface area contributed by atoms with Gasteiger partial charge >= 0.3 is 0 Å². The van der Waals surface area contributed by atoms with E-state index in [1.165, 1.54) is 5.56 Å². The zero-order valence-corrected chi connectivity index (χ0v) is 11.7. The molecular formula is C17H19NO. The van der Waals surface area contributed by atoms with Crippen molar-refractivity contribution in [3.63, 3.8) is 0 Å². The maximum absolute atomic E-state index is 12.4. The topological polar surface area (TPSA) is 29.1 Å². The van der Waals surface area contributed by atoms with Crippen LogP contribution in [0.15, 0.2) is 42.5 Å². The Balaban J connectivity index is 2.32. The number of aryl methyl sites for hydroxylation is 2. The van der Waals surface area contributed by atoms with E-state index in [0.717, 1.165) is 28.8 Å². The summed E-state index contributed by atoms with van der Waals surface area (Å²) in [6.07, 6.45) is 0. The Hall–Kier alpha value is -1.93. The molecule has 2 aromatic carbocycles. The van der Waals surface area contributed by atoms with Crippen molar-refractivity contribution in [1.29, 1.82) is 0 Å². The first-order valence-electron chi connectivity index (χ1n) is 6.47. The van der Waals surface area contributed by atoms with Gasteiger partial charge in [-0.3, -0.25) is 4.79 Å². The molecule has 0 aliphatic carbocycles. The molecule has 0 saturated carbocycles. The molecule has 2 aromatic rings. The molecule has 0 radical (unpaired) electrons.